The van der Waals surface area contributed by atoms with Gasteiger partial charge in [-0.2, -0.15) is 0 Å². The molecule has 6 N–H and O–H groups in total. The molecule has 0 aromatic carbocycles. The molecule has 0 saturated heterocycles. The van der Waals surface area contributed by atoms with Crippen LogP contribution in [-0.4, -0.2) is 58.9 Å². The maximum atomic E-state index is 8.88. The van der Waals surface area contributed by atoms with Gasteiger partial charge in [0, 0.05) is 17.1 Å². The summed E-state index contributed by atoms with van der Waals surface area (Å²) in [6.07, 6.45) is 0. The summed E-state index contributed by atoms with van der Waals surface area (Å²) in [5.74, 6) is 0. The molecule has 77 valence electrons. The minimum atomic E-state index is -4.64. The van der Waals surface area contributed by atoms with Crippen molar-refractivity contribution in [3.8, 4) is 0 Å². The van der Waals surface area contributed by atoms with Crippen molar-refractivity contribution in [1.29, 1.82) is 0 Å². The van der Waals surface area contributed by atoms with Crippen LogP contribution in [0, 0.1) is 0 Å². The fourth-order valence-electron chi connectivity index (χ4n) is 0. The van der Waals surface area contributed by atoms with Crippen LogP contribution in [0.15, 0.2) is 0 Å². The molecule has 0 fully saturated rings. The fourth-order valence-corrected chi connectivity index (χ4v) is 0. The molecule has 0 unspecified atom stereocenters. The summed E-state index contributed by atoms with van der Waals surface area (Å²) in [6.45, 7) is 0. The predicted molar refractivity (Wildman–Crippen MR) is 35.7 cm³/mol. The molecule has 0 spiro atoms. The molecule has 0 aliphatic carbocycles. The molecule has 0 amide bonds. The van der Waals surface area contributed by atoms with Crippen molar-refractivity contribution >= 4 is 45.2 Å². The third-order valence-corrected chi connectivity index (χ3v) is 0. The van der Waals surface area contributed by atoms with E-state index in [9.17, 15) is 0 Å². The normalized spacial score (nSPS) is 9.83. The standard InChI is InChI=1S/Cu.Na.2H3O4P.H/c;;2*1-5(2,3)4;/h;;2*(H3,1,2,3,4);. The van der Waals surface area contributed by atoms with Crippen molar-refractivity contribution in [3.63, 3.8) is 0 Å². The van der Waals surface area contributed by atoms with Crippen molar-refractivity contribution in [3.05, 3.63) is 0 Å². The molecular weight excluding hydrogens is 276 g/mol. The number of phosphoric acid groups is 2. The van der Waals surface area contributed by atoms with Crippen LogP contribution < -0.4 is 0 Å². The summed E-state index contributed by atoms with van der Waals surface area (Å²) in [5.41, 5.74) is 0. The van der Waals surface area contributed by atoms with Crippen LogP contribution in [0.4, 0.5) is 0 Å². The Morgan fingerprint density at radius 1 is 0.667 bits per heavy atom. The number of rotatable bonds is 0. The Kier molecular flexibility index (Phi) is 18.2. The van der Waals surface area contributed by atoms with E-state index in [1.54, 1.807) is 0 Å². The van der Waals surface area contributed by atoms with Crippen LogP contribution in [-0.2, 0) is 26.2 Å². The van der Waals surface area contributed by atoms with E-state index in [1.165, 1.54) is 0 Å². The van der Waals surface area contributed by atoms with Crippen LogP contribution in [0.5, 0.6) is 0 Å². The van der Waals surface area contributed by atoms with Crippen LogP contribution >= 0.6 is 15.6 Å². The molecule has 8 nitrogen and oxygen atoms in total. The molecule has 0 aromatic heterocycles. The second kappa shape index (κ2) is 9.30. The van der Waals surface area contributed by atoms with Crippen LogP contribution in [0.3, 0.4) is 0 Å². The van der Waals surface area contributed by atoms with Crippen molar-refractivity contribution < 1.29 is 55.6 Å². The summed E-state index contributed by atoms with van der Waals surface area (Å²) in [5, 5.41) is 0. The Balaban J connectivity index is -0.0000000457. The Morgan fingerprint density at radius 2 is 0.667 bits per heavy atom. The average Bonchev–Trinajstić information content (AvgIpc) is 1.12. The third-order valence-electron chi connectivity index (χ3n) is 0. The van der Waals surface area contributed by atoms with E-state index in [0.29, 0.717) is 0 Å². The van der Waals surface area contributed by atoms with Crippen LogP contribution in [0.2, 0.25) is 0 Å². The number of hydrogen-bond acceptors (Lipinski definition) is 2. The molecule has 0 bridgehead atoms. The molecule has 12 heavy (non-hydrogen) atoms. The molecule has 0 aromatic rings. The van der Waals surface area contributed by atoms with E-state index in [4.69, 9.17) is 38.5 Å². The quantitative estimate of drug-likeness (QED) is 0.210. The monoisotopic (exact) mass is 283 g/mol. The maximum absolute atomic E-state index is 8.88. The average molecular weight is 284 g/mol. The summed E-state index contributed by atoms with van der Waals surface area (Å²) >= 11 is 0. The summed E-state index contributed by atoms with van der Waals surface area (Å²) < 4.78 is 17.8. The summed E-state index contributed by atoms with van der Waals surface area (Å²) in [6, 6.07) is 0. The van der Waals surface area contributed by atoms with Gasteiger partial charge in [0.2, 0.25) is 0 Å². The Hall–Kier alpha value is 1.74. The summed E-state index contributed by atoms with van der Waals surface area (Å²) in [7, 11) is -9.28. The van der Waals surface area contributed by atoms with Crippen molar-refractivity contribution in [2.45, 2.75) is 0 Å². The molecule has 12 heteroatoms. The predicted octanol–water partition coefficient (Wildman–Crippen LogP) is -2.51. The van der Waals surface area contributed by atoms with Gasteiger partial charge in [-0.3, -0.25) is 0 Å². The SMILES string of the molecule is O=P(O)(O)O.O=P(O)(O)O.[Cu].[NaH]. The second-order valence-electron chi connectivity index (χ2n) is 1.03. The molecule has 0 atom stereocenters. The van der Waals surface area contributed by atoms with Gasteiger partial charge in [0.1, 0.15) is 0 Å². The van der Waals surface area contributed by atoms with Crippen LogP contribution in [0.1, 0.15) is 0 Å². The molecule has 0 rings (SSSR count). The van der Waals surface area contributed by atoms with Crippen LogP contribution in [0.25, 0.3) is 0 Å². The van der Waals surface area contributed by atoms with E-state index < -0.39 is 15.6 Å². The van der Waals surface area contributed by atoms with Gasteiger partial charge < -0.3 is 29.4 Å². The first kappa shape index (κ1) is 23.5. The summed E-state index contributed by atoms with van der Waals surface area (Å²) in [4.78, 5) is 43.1. The van der Waals surface area contributed by atoms with Crippen molar-refractivity contribution in [1.82, 2.24) is 0 Å². The van der Waals surface area contributed by atoms with E-state index in [0.717, 1.165) is 0 Å². The number of hydrogen-bond donors (Lipinski definition) is 6. The molecule has 0 saturated carbocycles. The first-order chi connectivity index (χ1) is 4.00. The topological polar surface area (TPSA) is 156 Å². The Labute approximate surface area is 100 Å². The van der Waals surface area contributed by atoms with Gasteiger partial charge >= 0.3 is 45.2 Å². The van der Waals surface area contributed by atoms with Gasteiger partial charge in [-0.25, -0.2) is 9.13 Å². The van der Waals surface area contributed by atoms with Crippen molar-refractivity contribution in [2.75, 3.05) is 0 Å². The zero-order valence-corrected chi connectivity index (χ0v) is 7.43. The van der Waals surface area contributed by atoms with Gasteiger partial charge in [-0.15, -0.1) is 0 Å². The van der Waals surface area contributed by atoms with Gasteiger partial charge in [0.05, 0.1) is 0 Å². The molecular formula is H7CuNaO8P2. The van der Waals surface area contributed by atoms with Gasteiger partial charge in [-0.1, -0.05) is 0 Å². The first-order valence-corrected chi connectivity index (χ1v) is 4.70. The van der Waals surface area contributed by atoms with Gasteiger partial charge in [-0.05, 0) is 0 Å². The molecule has 0 aliphatic heterocycles. The zero-order valence-electron chi connectivity index (χ0n) is 4.70. The molecule has 0 aliphatic rings. The van der Waals surface area contributed by atoms with Crippen molar-refractivity contribution in [2.24, 2.45) is 0 Å². The second-order valence-corrected chi connectivity index (χ2v) is 3.08. The fraction of sp³-hybridized carbons (Fsp3) is 0. The molecule has 0 heterocycles. The molecule has 1 radical (unpaired) electrons. The third kappa shape index (κ3) is 447. The first-order valence-electron chi connectivity index (χ1n) is 1.57. The Bertz CT molecular complexity index is 129. The van der Waals surface area contributed by atoms with E-state index in [2.05, 4.69) is 0 Å². The van der Waals surface area contributed by atoms with E-state index in [-0.39, 0.29) is 46.6 Å². The van der Waals surface area contributed by atoms with E-state index in [1.807, 2.05) is 0 Å². The van der Waals surface area contributed by atoms with Gasteiger partial charge in [0.15, 0.2) is 0 Å². The Morgan fingerprint density at radius 3 is 0.667 bits per heavy atom. The zero-order chi connectivity index (χ0) is 9.00. The van der Waals surface area contributed by atoms with Gasteiger partial charge in [0.25, 0.3) is 0 Å². The van der Waals surface area contributed by atoms with E-state index >= 15 is 0 Å². The minimum absolute atomic E-state index is 0.